The number of benzene rings is 1. The molecule has 1 aliphatic heterocycles. The van der Waals surface area contributed by atoms with Crippen LogP contribution in [0.3, 0.4) is 0 Å². The number of nitriles is 1. The van der Waals surface area contributed by atoms with Gasteiger partial charge < -0.3 is 9.64 Å². The van der Waals surface area contributed by atoms with E-state index >= 15 is 0 Å². The Labute approximate surface area is 204 Å². The quantitative estimate of drug-likeness (QED) is 0.388. The second-order valence-electron chi connectivity index (χ2n) is 7.93. The molecule has 0 spiro atoms. The Balaban J connectivity index is 1.46. The van der Waals surface area contributed by atoms with Crippen molar-refractivity contribution in [1.29, 1.82) is 5.26 Å². The Kier molecular flexibility index (Phi) is 5.94. The Morgan fingerprint density at radius 3 is 2.65 bits per heavy atom. The van der Waals surface area contributed by atoms with Crippen LogP contribution >= 0.6 is 23.2 Å². The van der Waals surface area contributed by atoms with Crippen LogP contribution in [0, 0.1) is 17.1 Å². The van der Waals surface area contributed by atoms with Gasteiger partial charge in [-0.2, -0.15) is 10.4 Å². The highest BCUT2D eigenvalue weighted by atomic mass is 35.5. The molecular weight excluding hydrogens is 480 g/mol. The fraction of sp³-hybridized carbons (Fsp3) is 0.261. The number of anilines is 1. The molecule has 8 nitrogen and oxygen atoms in total. The maximum absolute atomic E-state index is 14.8. The number of nitrogens with one attached hydrogen (secondary N) is 1. The van der Waals surface area contributed by atoms with Crippen LogP contribution in [0.25, 0.3) is 22.2 Å². The third-order valence-corrected chi connectivity index (χ3v) is 6.39. The summed E-state index contributed by atoms with van der Waals surface area (Å²) in [4.78, 5) is 14.7. The molecule has 1 aromatic carbocycles. The summed E-state index contributed by atoms with van der Waals surface area (Å²) < 4.78 is 20.7. The summed E-state index contributed by atoms with van der Waals surface area (Å²) in [6.45, 7) is 2.47. The molecule has 1 aliphatic rings. The molecule has 172 valence electrons. The lowest BCUT2D eigenvalue weighted by atomic mass is 10.1. The molecule has 5 rings (SSSR count). The van der Waals surface area contributed by atoms with Crippen molar-refractivity contribution in [3.05, 3.63) is 58.3 Å². The predicted octanol–water partition coefficient (Wildman–Crippen LogP) is 5.49. The van der Waals surface area contributed by atoms with Gasteiger partial charge >= 0.3 is 0 Å². The second-order valence-corrected chi connectivity index (χ2v) is 8.74. The van der Waals surface area contributed by atoms with Crippen LogP contribution in [0.15, 0.2) is 36.9 Å². The highest BCUT2D eigenvalue weighted by Crippen LogP contribution is 2.36. The Morgan fingerprint density at radius 1 is 1.21 bits per heavy atom. The van der Waals surface area contributed by atoms with E-state index in [2.05, 4.69) is 31.2 Å². The molecular formula is C23H18Cl2FN7O. The number of aromatic nitrogens is 5. The maximum atomic E-state index is 14.8. The highest BCUT2D eigenvalue weighted by Gasteiger charge is 2.26. The van der Waals surface area contributed by atoms with E-state index in [4.69, 9.17) is 27.9 Å². The van der Waals surface area contributed by atoms with E-state index in [0.717, 1.165) is 19.4 Å². The monoisotopic (exact) mass is 497 g/mol. The molecule has 1 unspecified atom stereocenters. The second kappa shape index (κ2) is 9.05. The summed E-state index contributed by atoms with van der Waals surface area (Å²) in [5, 5.41) is 17.8. The van der Waals surface area contributed by atoms with Gasteiger partial charge in [0, 0.05) is 53.9 Å². The summed E-state index contributed by atoms with van der Waals surface area (Å²) >= 11 is 12.4. The number of aromatic amines is 1. The summed E-state index contributed by atoms with van der Waals surface area (Å²) in [6.07, 6.45) is 7.31. The molecule has 34 heavy (non-hydrogen) atoms. The van der Waals surface area contributed by atoms with Crippen LogP contribution < -0.4 is 9.64 Å². The lowest BCUT2D eigenvalue weighted by Gasteiger charge is -2.19. The SMILES string of the molecule is CC(Oc1cc2c(-c3cnc(N4CCC[C@H]4C#N)nc3)n[nH]c2cc1F)c1c(Cl)cncc1Cl. The van der Waals surface area contributed by atoms with Gasteiger partial charge in [0.1, 0.15) is 17.8 Å². The topological polar surface area (TPSA) is 104 Å². The summed E-state index contributed by atoms with van der Waals surface area (Å²) in [5.74, 6) is -0.0280. The summed E-state index contributed by atoms with van der Waals surface area (Å²) in [6, 6.07) is 4.96. The summed E-state index contributed by atoms with van der Waals surface area (Å²) in [7, 11) is 0. The molecule has 2 atom stereocenters. The van der Waals surface area contributed by atoms with Gasteiger partial charge in [0.15, 0.2) is 11.6 Å². The Bertz CT molecular complexity index is 1380. The lowest BCUT2D eigenvalue weighted by molar-refractivity contribution is 0.217. The fourth-order valence-electron chi connectivity index (χ4n) is 4.12. The molecule has 0 radical (unpaired) electrons. The van der Waals surface area contributed by atoms with E-state index in [0.29, 0.717) is 43.7 Å². The minimum Gasteiger partial charge on any atom is -0.483 e. The molecule has 0 aliphatic carbocycles. The van der Waals surface area contributed by atoms with Crippen LogP contribution in [0.5, 0.6) is 5.75 Å². The highest BCUT2D eigenvalue weighted by molar-refractivity contribution is 6.35. The Morgan fingerprint density at radius 2 is 1.94 bits per heavy atom. The maximum Gasteiger partial charge on any atom is 0.226 e. The fourth-order valence-corrected chi connectivity index (χ4v) is 4.79. The number of fused-ring (bicyclic) bond motifs is 1. The standard InChI is InChI=1S/C23H18Cl2FN7O/c1-12(21-16(24)10-28-11-17(21)25)34-20-5-15-19(6-18(20)26)31-32-22(15)13-8-29-23(30-9-13)33-4-2-3-14(33)7-27/h5-6,8-12,14H,2-4H2,1H3,(H,31,32)/t12?,14-/m0/s1. The van der Waals surface area contributed by atoms with E-state index in [1.807, 2.05) is 4.90 Å². The van der Waals surface area contributed by atoms with Crippen molar-refractivity contribution in [3.8, 4) is 23.1 Å². The van der Waals surface area contributed by atoms with Crippen LogP contribution in [0.1, 0.15) is 31.4 Å². The van der Waals surface area contributed by atoms with E-state index < -0.39 is 11.9 Å². The number of hydrogen-bond acceptors (Lipinski definition) is 7. The van der Waals surface area contributed by atoms with Gasteiger partial charge in [0.2, 0.25) is 5.95 Å². The van der Waals surface area contributed by atoms with Crippen LogP contribution in [-0.2, 0) is 0 Å². The minimum absolute atomic E-state index is 0.0260. The van der Waals surface area contributed by atoms with Crippen molar-refractivity contribution in [3.63, 3.8) is 0 Å². The molecule has 0 saturated carbocycles. The van der Waals surface area contributed by atoms with Crippen LogP contribution in [-0.4, -0.2) is 37.7 Å². The molecule has 1 N–H and O–H groups in total. The predicted molar refractivity (Wildman–Crippen MR) is 126 cm³/mol. The van der Waals surface area contributed by atoms with Crippen molar-refractivity contribution < 1.29 is 9.13 Å². The van der Waals surface area contributed by atoms with Crippen molar-refractivity contribution in [2.24, 2.45) is 0 Å². The van der Waals surface area contributed by atoms with E-state index in [9.17, 15) is 9.65 Å². The average molecular weight is 498 g/mol. The zero-order valence-electron chi connectivity index (χ0n) is 18.0. The van der Waals surface area contributed by atoms with Crippen molar-refractivity contribution >= 4 is 40.1 Å². The van der Waals surface area contributed by atoms with Gasteiger partial charge in [-0.25, -0.2) is 14.4 Å². The first-order valence-electron chi connectivity index (χ1n) is 10.6. The van der Waals surface area contributed by atoms with Gasteiger partial charge in [-0.15, -0.1) is 0 Å². The number of hydrogen-bond donors (Lipinski definition) is 1. The molecule has 1 fully saturated rings. The Hall–Kier alpha value is -3.48. The molecule has 1 saturated heterocycles. The lowest BCUT2D eigenvalue weighted by Crippen LogP contribution is -2.29. The first-order valence-corrected chi connectivity index (χ1v) is 11.3. The van der Waals surface area contributed by atoms with E-state index in [1.54, 1.807) is 25.4 Å². The van der Waals surface area contributed by atoms with Crippen molar-refractivity contribution in [1.82, 2.24) is 25.1 Å². The van der Waals surface area contributed by atoms with Crippen LogP contribution in [0.2, 0.25) is 10.0 Å². The molecule has 4 heterocycles. The molecule has 11 heteroatoms. The number of pyridine rings is 1. The van der Waals surface area contributed by atoms with E-state index in [-0.39, 0.29) is 11.8 Å². The molecule has 0 bridgehead atoms. The van der Waals surface area contributed by atoms with Crippen molar-refractivity contribution in [2.45, 2.75) is 31.9 Å². The smallest absolute Gasteiger partial charge is 0.226 e. The number of rotatable bonds is 5. The number of halogens is 3. The number of H-pyrrole nitrogens is 1. The first kappa shape index (κ1) is 22.3. The van der Waals surface area contributed by atoms with E-state index in [1.165, 1.54) is 18.5 Å². The third-order valence-electron chi connectivity index (χ3n) is 5.79. The van der Waals surface area contributed by atoms with Gasteiger partial charge in [-0.1, -0.05) is 23.2 Å². The third kappa shape index (κ3) is 4.00. The van der Waals surface area contributed by atoms with Gasteiger partial charge in [0.25, 0.3) is 0 Å². The first-order chi connectivity index (χ1) is 16.5. The molecule has 3 aromatic heterocycles. The minimum atomic E-state index is -0.624. The normalized spacial score (nSPS) is 16.6. The van der Waals surface area contributed by atoms with Crippen LogP contribution in [0.4, 0.5) is 10.3 Å². The van der Waals surface area contributed by atoms with Crippen molar-refractivity contribution in [2.75, 3.05) is 11.4 Å². The molecule has 4 aromatic rings. The number of nitrogens with zero attached hydrogens (tertiary/aromatic N) is 6. The largest absolute Gasteiger partial charge is 0.483 e. The average Bonchev–Trinajstić information content (AvgIpc) is 3.46. The van der Waals surface area contributed by atoms with Gasteiger partial charge in [-0.3, -0.25) is 10.1 Å². The summed E-state index contributed by atoms with van der Waals surface area (Å²) in [5.41, 5.74) is 2.22. The van der Waals surface area contributed by atoms with Gasteiger partial charge in [0.05, 0.1) is 21.6 Å². The van der Waals surface area contributed by atoms with Gasteiger partial charge in [-0.05, 0) is 25.8 Å². The molecule has 0 amide bonds. The zero-order valence-corrected chi connectivity index (χ0v) is 19.5. The zero-order chi connectivity index (χ0) is 23.8. The number of ether oxygens (including phenoxy) is 1.